The van der Waals surface area contributed by atoms with Crippen LogP contribution in [0.5, 0.6) is 0 Å². The molecule has 1 aromatic carbocycles. The van der Waals surface area contributed by atoms with Gasteiger partial charge in [0, 0.05) is 6.54 Å². The van der Waals surface area contributed by atoms with Crippen molar-refractivity contribution in [3.63, 3.8) is 0 Å². The molecule has 1 atom stereocenters. The predicted molar refractivity (Wildman–Crippen MR) is 73.1 cm³/mol. The Hall–Kier alpha value is -1.42. The van der Waals surface area contributed by atoms with E-state index in [1.807, 2.05) is 4.90 Å². The molecule has 0 radical (unpaired) electrons. The van der Waals surface area contributed by atoms with Crippen molar-refractivity contribution in [3.05, 3.63) is 29.6 Å². The van der Waals surface area contributed by atoms with Gasteiger partial charge in [-0.3, -0.25) is 4.79 Å². The molecule has 1 unspecified atom stereocenters. The van der Waals surface area contributed by atoms with Gasteiger partial charge in [-0.2, -0.15) is 0 Å². The lowest BCUT2D eigenvalue weighted by Gasteiger charge is -2.32. The maximum absolute atomic E-state index is 13.9. The average molecular weight is 265 g/mol. The van der Waals surface area contributed by atoms with Gasteiger partial charge >= 0.3 is 0 Å². The summed E-state index contributed by atoms with van der Waals surface area (Å²) in [6.07, 6.45) is 4.05. The fourth-order valence-electron chi connectivity index (χ4n) is 2.78. The molecule has 0 aliphatic carbocycles. The molecule has 1 saturated heterocycles. The third-order valence-corrected chi connectivity index (χ3v) is 3.74. The summed E-state index contributed by atoms with van der Waals surface area (Å²) >= 11 is 0. The molecule has 0 saturated carbocycles. The van der Waals surface area contributed by atoms with Crippen LogP contribution >= 0.6 is 0 Å². The van der Waals surface area contributed by atoms with E-state index in [0.29, 0.717) is 5.69 Å². The van der Waals surface area contributed by atoms with Crippen LogP contribution in [0.3, 0.4) is 0 Å². The van der Waals surface area contributed by atoms with Crippen LogP contribution in [0.4, 0.5) is 10.1 Å². The van der Waals surface area contributed by atoms with E-state index in [1.54, 1.807) is 12.1 Å². The van der Waals surface area contributed by atoms with Crippen molar-refractivity contribution in [2.24, 2.45) is 0 Å². The first-order valence-corrected chi connectivity index (χ1v) is 6.82. The molecule has 1 heterocycles. The molecule has 1 fully saturated rings. The van der Waals surface area contributed by atoms with Crippen molar-refractivity contribution < 1.29 is 14.3 Å². The summed E-state index contributed by atoms with van der Waals surface area (Å²) in [5.41, 5.74) is 0.760. The quantitative estimate of drug-likeness (QED) is 0.854. The van der Waals surface area contributed by atoms with Crippen LogP contribution in [-0.2, 0) is 0 Å². The van der Waals surface area contributed by atoms with E-state index in [-0.39, 0.29) is 24.0 Å². The number of benzene rings is 1. The molecular weight excluding hydrogens is 245 g/mol. The summed E-state index contributed by atoms with van der Waals surface area (Å²) in [4.78, 5) is 13.7. The van der Waals surface area contributed by atoms with Crippen molar-refractivity contribution in [1.29, 1.82) is 0 Å². The topological polar surface area (TPSA) is 40.5 Å². The normalized spacial score (nSPS) is 20.2. The molecule has 1 aliphatic heterocycles. The number of halogens is 1. The molecule has 4 heteroatoms. The van der Waals surface area contributed by atoms with E-state index in [0.717, 1.165) is 32.2 Å². The Labute approximate surface area is 113 Å². The Morgan fingerprint density at radius 1 is 1.42 bits per heavy atom. The van der Waals surface area contributed by atoms with Crippen LogP contribution in [0.2, 0.25) is 0 Å². The minimum Gasteiger partial charge on any atom is -0.394 e. The van der Waals surface area contributed by atoms with E-state index in [4.69, 9.17) is 0 Å². The minimum atomic E-state index is -0.481. The summed E-state index contributed by atoms with van der Waals surface area (Å²) < 4.78 is 13.9. The van der Waals surface area contributed by atoms with Gasteiger partial charge in [-0.15, -0.1) is 0 Å². The van der Waals surface area contributed by atoms with Gasteiger partial charge in [0.15, 0.2) is 5.78 Å². The average Bonchev–Trinajstić information content (AvgIpc) is 2.62. The summed E-state index contributed by atoms with van der Waals surface area (Å²) in [7, 11) is 0. The number of carbonyl (C=O) groups excluding carboxylic acids is 1. The van der Waals surface area contributed by atoms with Crippen LogP contribution in [0.15, 0.2) is 18.2 Å². The maximum atomic E-state index is 13.9. The van der Waals surface area contributed by atoms with Crippen molar-refractivity contribution in [3.8, 4) is 0 Å². The van der Waals surface area contributed by atoms with Crippen molar-refractivity contribution in [1.82, 2.24) is 0 Å². The van der Waals surface area contributed by atoms with Crippen LogP contribution in [0, 0.1) is 5.82 Å². The number of hydrogen-bond acceptors (Lipinski definition) is 3. The van der Waals surface area contributed by atoms with Gasteiger partial charge in [-0.05, 0) is 31.9 Å². The minimum absolute atomic E-state index is 0.0256. The monoisotopic (exact) mass is 265 g/mol. The smallest absolute Gasteiger partial charge is 0.164 e. The lowest BCUT2D eigenvalue weighted by atomic mass is 10.0. The summed E-state index contributed by atoms with van der Waals surface area (Å²) in [6, 6.07) is 4.68. The van der Waals surface area contributed by atoms with Crippen molar-refractivity contribution in [2.45, 2.75) is 38.6 Å². The largest absolute Gasteiger partial charge is 0.394 e. The molecule has 3 nitrogen and oxygen atoms in total. The Kier molecular flexibility index (Phi) is 4.53. The zero-order chi connectivity index (χ0) is 13.8. The van der Waals surface area contributed by atoms with Gasteiger partial charge in [-0.1, -0.05) is 18.9 Å². The van der Waals surface area contributed by atoms with Gasteiger partial charge in [0.1, 0.15) is 5.82 Å². The Morgan fingerprint density at radius 3 is 2.89 bits per heavy atom. The Bertz CT molecular complexity index is 461. The highest BCUT2D eigenvalue weighted by Gasteiger charge is 2.25. The van der Waals surface area contributed by atoms with Gasteiger partial charge < -0.3 is 10.0 Å². The number of nitrogens with zero attached hydrogens (tertiary/aromatic N) is 1. The van der Waals surface area contributed by atoms with E-state index in [2.05, 4.69) is 0 Å². The number of ketones is 1. The zero-order valence-corrected chi connectivity index (χ0v) is 11.2. The van der Waals surface area contributed by atoms with Crippen LogP contribution < -0.4 is 4.90 Å². The van der Waals surface area contributed by atoms with E-state index < -0.39 is 5.82 Å². The summed E-state index contributed by atoms with van der Waals surface area (Å²) in [6.45, 7) is 2.18. The molecule has 19 heavy (non-hydrogen) atoms. The number of aliphatic hydroxyl groups is 1. The molecule has 104 valence electrons. The number of hydrogen-bond donors (Lipinski definition) is 1. The molecule has 0 bridgehead atoms. The van der Waals surface area contributed by atoms with E-state index >= 15 is 0 Å². The number of Topliss-reactive ketones (excluding diaryl/α,β-unsaturated/α-hetero) is 1. The molecule has 1 N–H and O–H groups in total. The molecule has 0 amide bonds. The summed E-state index contributed by atoms with van der Waals surface area (Å²) in [5.74, 6) is -0.750. The fraction of sp³-hybridized carbons (Fsp3) is 0.533. The number of carbonyl (C=O) groups is 1. The standard InChI is InChI=1S/C15H20FNO2/c1-11(19)15-13(16)7-5-8-14(15)17-9-4-2-3-6-12(17)10-18/h5,7-8,12,18H,2-4,6,9-10H2,1H3. The van der Waals surface area contributed by atoms with Gasteiger partial charge in [0.25, 0.3) is 0 Å². The second kappa shape index (κ2) is 6.15. The SMILES string of the molecule is CC(=O)c1c(F)cccc1N1CCCCCC1CO. The molecule has 1 aliphatic rings. The number of rotatable bonds is 3. The predicted octanol–water partition coefficient (Wildman–Crippen LogP) is 2.77. The second-order valence-electron chi connectivity index (χ2n) is 5.07. The van der Waals surface area contributed by atoms with Crippen LogP contribution in [0.1, 0.15) is 43.0 Å². The van der Waals surface area contributed by atoms with Crippen LogP contribution in [-0.4, -0.2) is 30.1 Å². The molecule has 0 spiro atoms. The first kappa shape index (κ1) is 14.0. The van der Waals surface area contributed by atoms with Gasteiger partial charge in [0.2, 0.25) is 0 Å². The van der Waals surface area contributed by atoms with E-state index in [9.17, 15) is 14.3 Å². The highest BCUT2D eigenvalue weighted by atomic mass is 19.1. The Morgan fingerprint density at radius 2 is 2.21 bits per heavy atom. The molecule has 1 aromatic rings. The van der Waals surface area contributed by atoms with Crippen molar-refractivity contribution >= 4 is 11.5 Å². The Balaban J connectivity index is 2.43. The van der Waals surface area contributed by atoms with Crippen LogP contribution in [0.25, 0.3) is 0 Å². The highest BCUT2D eigenvalue weighted by molar-refractivity contribution is 6.00. The third kappa shape index (κ3) is 2.95. The first-order chi connectivity index (χ1) is 9.15. The molecule has 2 rings (SSSR count). The fourth-order valence-corrected chi connectivity index (χ4v) is 2.78. The summed E-state index contributed by atoms with van der Waals surface area (Å²) in [5, 5.41) is 9.53. The zero-order valence-electron chi connectivity index (χ0n) is 11.2. The maximum Gasteiger partial charge on any atom is 0.164 e. The van der Waals surface area contributed by atoms with E-state index in [1.165, 1.54) is 13.0 Å². The molecule has 0 aromatic heterocycles. The third-order valence-electron chi connectivity index (χ3n) is 3.74. The highest BCUT2D eigenvalue weighted by Crippen LogP contribution is 2.29. The van der Waals surface area contributed by atoms with Gasteiger partial charge in [0.05, 0.1) is 23.9 Å². The van der Waals surface area contributed by atoms with Crippen molar-refractivity contribution in [2.75, 3.05) is 18.1 Å². The number of aliphatic hydroxyl groups excluding tert-OH is 1. The number of anilines is 1. The molecular formula is C15H20FNO2. The van der Waals surface area contributed by atoms with Gasteiger partial charge in [-0.25, -0.2) is 4.39 Å². The lowest BCUT2D eigenvalue weighted by molar-refractivity contribution is 0.101. The second-order valence-corrected chi connectivity index (χ2v) is 5.07. The lowest BCUT2D eigenvalue weighted by Crippen LogP contribution is -2.38. The first-order valence-electron chi connectivity index (χ1n) is 6.82.